The van der Waals surface area contributed by atoms with Gasteiger partial charge in [-0.1, -0.05) is 15.9 Å². The molecule has 20 heavy (non-hydrogen) atoms. The highest BCUT2D eigenvalue weighted by Crippen LogP contribution is 2.30. The second kappa shape index (κ2) is 5.69. The molecule has 0 spiro atoms. The molecule has 2 aliphatic heterocycles. The van der Waals surface area contributed by atoms with Crippen molar-refractivity contribution in [3.63, 3.8) is 0 Å². The zero-order chi connectivity index (χ0) is 14.1. The Kier molecular flexibility index (Phi) is 3.94. The number of anilines is 1. The number of rotatable bonds is 3. The zero-order valence-corrected chi connectivity index (χ0v) is 12.9. The Bertz CT molecular complexity index is 523. The van der Waals surface area contributed by atoms with Crippen LogP contribution in [0.1, 0.15) is 18.4 Å². The third-order valence-corrected chi connectivity index (χ3v) is 4.96. The normalized spacial score (nSPS) is 22.9. The lowest BCUT2D eigenvalue weighted by atomic mass is 10.1. The fraction of sp³-hybridized carbons (Fsp3) is 0.571. The Hall–Kier alpha value is -1.14. The average Bonchev–Trinajstić information content (AvgIpc) is 2.93. The first-order valence-corrected chi connectivity index (χ1v) is 8.13. The van der Waals surface area contributed by atoms with Gasteiger partial charge in [-0.2, -0.15) is 0 Å². The van der Waals surface area contributed by atoms with Gasteiger partial charge in [0.2, 0.25) is 0 Å². The van der Waals surface area contributed by atoms with Crippen molar-refractivity contribution in [1.29, 1.82) is 0 Å². The van der Waals surface area contributed by atoms with E-state index in [0.29, 0.717) is 11.4 Å². The number of halogens is 1. The largest absolute Gasteiger partial charge is 0.369 e. The highest BCUT2D eigenvalue weighted by Gasteiger charge is 2.30. The van der Waals surface area contributed by atoms with E-state index in [0.717, 1.165) is 30.9 Å². The van der Waals surface area contributed by atoms with Gasteiger partial charge in [0.15, 0.2) is 0 Å². The average molecular weight is 340 g/mol. The van der Waals surface area contributed by atoms with Crippen LogP contribution >= 0.6 is 15.9 Å². The van der Waals surface area contributed by atoms with E-state index in [9.17, 15) is 10.1 Å². The van der Waals surface area contributed by atoms with Gasteiger partial charge in [0.05, 0.1) is 4.92 Å². The summed E-state index contributed by atoms with van der Waals surface area (Å²) in [5.74, 6) is 0. The number of piperazine rings is 1. The number of nitro groups is 1. The molecule has 0 bridgehead atoms. The number of nitro benzene ring substituents is 1. The second-order valence-electron chi connectivity index (χ2n) is 5.48. The maximum Gasteiger partial charge on any atom is 0.273 e. The van der Waals surface area contributed by atoms with Crippen molar-refractivity contribution < 1.29 is 4.92 Å². The Morgan fingerprint density at radius 3 is 2.95 bits per heavy atom. The summed E-state index contributed by atoms with van der Waals surface area (Å²) in [5, 5.41) is 11.5. The van der Waals surface area contributed by atoms with E-state index in [2.05, 4.69) is 25.7 Å². The van der Waals surface area contributed by atoms with E-state index in [-0.39, 0.29) is 10.6 Å². The Morgan fingerprint density at radius 2 is 2.20 bits per heavy atom. The highest BCUT2D eigenvalue weighted by atomic mass is 79.9. The van der Waals surface area contributed by atoms with E-state index in [1.165, 1.54) is 19.4 Å². The van der Waals surface area contributed by atoms with Crippen LogP contribution in [0, 0.1) is 10.1 Å². The van der Waals surface area contributed by atoms with Crippen LogP contribution in [0.3, 0.4) is 0 Å². The van der Waals surface area contributed by atoms with Crippen molar-refractivity contribution in [1.82, 2.24) is 4.90 Å². The Labute approximate surface area is 126 Å². The maximum absolute atomic E-state index is 11.0. The van der Waals surface area contributed by atoms with E-state index in [4.69, 9.17) is 0 Å². The summed E-state index contributed by atoms with van der Waals surface area (Å²) in [4.78, 5) is 15.6. The number of hydrogen-bond acceptors (Lipinski definition) is 4. The molecule has 1 atom stereocenters. The first-order valence-electron chi connectivity index (χ1n) is 7.01. The standard InChI is InChI=1S/C14H18BrN3O2/c15-9-11-8-12(3-4-14(11)18(19)20)17-7-6-16-5-1-2-13(16)10-17/h3-4,8,13H,1-2,5-7,9-10H2. The van der Waals surface area contributed by atoms with Crippen LogP contribution in [0.2, 0.25) is 0 Å². The summed E-state index contributed by atoms with van der Waals surface area (Å²) < 4.78 is 0. The van der Waals surface area contributed by atoms with Gasteiger partial charge in [-0.25, -0.2) is 0 Å². The first kappa shape index (κ1) is 13.8. The molecule has 108 valence electrons. The topological polar surface area (TPSA) is 49.6 Å². The third kappa shape index (κ3) is 2.54. The van der Waals surface area contributed by atoms with Gasteiger partial charge >= 0.3 is 0 Å². The van der Waals surface area contributed by atoms with Crippen molar-refractivity contribution in [3.8, 4) is 0 Å². The summed E-state index contributed by atoms with van der Waals surface area (Å²) in [6, 6.07) is 6.13. The first-order chi connectivity index (χ1) is 9.69. The highest BCUT2D eigenvalue weighted by molar-refractivity contribution is 9.08. The van der Waals surface area contributed by atoms with E-state index < -0.39 is 0 Å². The zero-order valence-electron chi connectivity index (χ0n) is 11.3. The lowest BCUT2D eigenvalue weighted by Crippen LogP contribution is -2.50. The summed E-state index contributed by atoms with van der Waals surface area (Å²) in [6.45, 7) is 4.38. The molecular weight excluding hydrogens is 322 g/mol. The molecule has 1 aromatic rings. The molecule has 0 saturated carbocycles. The third-order valence-electron chi connectivity index (χ3n) is 4.36. The fourth-order valence-corrected chi connectivity index (χ4v) is 3.73. The molecule has 1 unspecified atom stereocenters. The number of benzene rings is 1. The smallest absolute Gasteiger partial charge is 0.273 e. The van der Waals surface area contributed by atoms with E-state index >= 15 is 0 Å². The van der Waals surface area contributed by atoms with Crippen LogP contribution in [-0.4, -0.2) is 42.0 Å². The van der Waals surface area contributed by atoms with Crippen molar-refractivity contribution >= 4 is 27.3 Å². The Balaban J connectivity index is 1.81. The molecule has 0 aliphatic carbocycles. The van der Waals surface area contributed by atoms with Crippen LogP contribution in [-0.2, 0) is 5.33 Å². The van der Waals surface area contributed by atoms with Crippen LogP contribution < -0.4 is 4.90 Å². The quantitative estimate of drug-likeness (QED) is 0.482. The number of hydrogen-bond donors (Lipinski definition) is 0. The molecule has 2 saturated heterocycles. The van der Waals surface area contributed by atoms with Crippen molar-refractivity contribution in [2.24, 2.45) is 0 Å². The number of fused-ring (bicyclic) bond motifs is 1. The lowest BCUT2D eigenvalue weighted by molar-refractivity contribution is -0.385. The molecule has 0 N–H and O–H groups in total. The van der Waals surface area contributed by atoms with Crippen LogP contribution in [0.4, 0.5) is 11.4 Å². The fourth-order valence-electron chi connectivity index (χ4n) is 3.28. The van der Waals surface area contributed by atoms with E-state index in [1.807, 2.05) is 12.1 Å². The minimum absolute atomic E-state index is 0.199. The monoisotopic (exact) mass is 339 g/mol. The lowest BCUT2D eigenvalue weighted by Gasteiger charge is -2.38. The SMILES string of the molecule is O=[N+]([O-])c1ccc(N2CCN3CCCC3C2)cc1CBr. The molecule has 6 heteroatoms. The summed E-state index contributed by atoms with van der Waals surface area (Å²) in [7, 11) is 0. The number of alkyl halides is 1. The molecule has 2 heterocycles. The van der Waals surface area contributed by atoms with Crippen LogP contribution in [0.15, 0.2) is 18.2 Å². The maximum atomic E-state index is 11.0. The molecule has 5 nitrogen and oxygen atoms in total. The van der Waals surface area contributed by atoms with Gasteiger partial charge in [-0.05, 0) is 31.5 Å². The molecule has 2 fully saturated rings. The molecule has 0 aromatic heterocycles. The van der Waals surface area contributed by atoms with Gasteiger partial charge < -0.3 is 4.90 Å². The summed E-state index contributed by atoms with van der Waals surface area (Å²) in [5.41, 5.74) is 2.06. The molecule has 0 radical (unpaired) electrons. The second-order valence-corrected chi connectivity index (χ2v) is 6.04. The van der Waals surface area contributed by atoms with Crippen LogP contribution in [0.25, 0.3) is 0 Å². The van der Waals surface area contributed by atoms with Crippen LogP contribution in [0.5, 0.6) is 0 Å². The van der Waals surface area contributed by atoms with Gasteiger partial charge in [0, 0.05) is 48.3 Å². The number of nitrogens with zero attached hydrogens (tertiary/aromatic N) is 3. The molecule has 2 aliphatic rings. The Morgan fingerprint density at radius 1 is 1.35 bits per heavy atom. The van der Waals surface area contributed by atoms with Gasteiger partial charge in [-0.3, -0.25) is 15.0 Å². The predicted molar refractivity (Wildman–Crippen MR) is 82.5 cm³/mol. The van der Waals surface area contributed by atoms with Crippen molar-refractivity contribution in [3.05, 3.63) is 33.9 Å². The molecule has 3 rings (SSSR count). The minimum Gasteiger partial charge on any atom is -0.369 e. The summed E-state index contributed by atoms with van der Waals surface area (Å²) >= 11 is 3.35. The minimum atomic E-state index is -0.310. The molecular formula is C14H18BrN3O2. The van der Waals surface area contributed by atoms with Crippen molar-refractivity contribution in [2.45, 2.75) is 24.2 Å². The van der Waals surface area contributed by atoms with Crippen molar-refractivity contribution in [2.75, 3.05) is 31.1 Å². The summed E-state index contributed by atoms with van der Waals surface area (Å²) in [6.07, 6.45) is 2.57. The van der Waals surface area contributed by atoms with Gasteiger partial charge in [0.1, 0.15) is 0 Å². The van der Waals surface area contributed by atoms with E-state index in [1.54, 1.807) is 6.07 Å². The van der Waals surface area contributed by atoms with Gasteiger partial charge in [-0.15, -0.1) is 0 Å². The predicted octanol–water partition coefficient (Wildman–Crippen LogP) is 2.77. The molecule has 0 amide bonds. The molecule has 1 aromatic carbocycles. The van der Waals surface area contributed by atoms with Gasteiger partial charge in [0.25, 0.3) is 5.69 Å².